The number of benzene rings is 1. The lowest BCUT2D eigenvalue weighted by Gasteiger charge is -2.47. The van der Waals surface area contributed by atoms with Gasteiger partial charge in [0.2, 0.25) is 12.3 Å². The van der Waals surface area contributed by atoms with Crippen molar-refractivity contribution in [2.45, 2.75) is 31.2 Å². The zero-order valence-electron chi connectivity index (χ0n) is 15.4. The quantitative estimate of drug-likeness (QED) is 0.785. The average molecular weight is 343 g/mol. The number of nitrogens with zero attached hydrogens (tertiary/aromatic N) is 3. The second-order valence-corrected chi connectivity index (χ2v) is 7.56. The molecule has 0 aliphatic carbocycles. The Bertz CT molecular complexity index is 594. The first-order valence-electron chi connectivity index (χ1n) is 9.28. The van der Waals surface area contributed by atoms with Gasteiger partial charge in [0.1, 0.15) is 0 Å². The number of rotatable bonds is 4. The van der Waals surface area contributed by atoms with Gasteiger partial charge in [-0.25, -0.2) is 0 Å². The molecule has 25 heavy (non-hydrogen) atoms. The summed E-state index contributed by atoms with van der Waals surface area (Å²) in [5.41, 5.74) is 1.33. The summed E-state index contributed by atoms with van der Waals surface area (Å²) in [6.45, 7) is 2.92. The average Bonchev–Trinajstić information content (AvgIpc) is 2.68. The van der Waals surface area contributed by atoms with E-state index < -0.39 is 0 Å². The van der Waals surface area contributed by atoms with Crippen molar-refractivity contribution in [2.75, 3.05) is 40.3 Å². The first-order valence-corrected chi connectivity index (χ1v) is 9.28. The van der Waals surface area contributed by atoms with Crippen molar-refractivity contribution in [1.29, 1.82) is 0 Å². The molecule has 5 nitrogen and oxygen atoms in total. The number of hydrogen-bond donors (Lipinski definition) is 0. The number of amides is 2. The van der Waals surface area contributed by atoms with Crippen LogP contribution in [0.25, 0.3) is 0 Å². The van der Waals surface area contributed by atoms with Crippen LogP contribution in [0.3, 0.4) is 0 Å². The van der Waals surface area contributed by atoms with E-state index in [1.54, 1.807) is 4.90 Å². The van der Waals surface area contributed by atoms with Gasteiger partial charge in [-0.15, -0.1) is 0 Å². The lowest BCUT2D eigenvalue weighted by molar-refractivity contribution is -0.140. The third-order valence-corrected chi connectivity index (χ3v) is 6.02. The molecular weight excluding hydrogens is 314 g/mol. The lowest BCUT2D eigenvalue weighted by Crippen LogP contribution is -2.53. The van der Waals surface area contributed by atoms with Crippen LogP contribution in [0, 0.1) is 5.92 Å². The van der Waals surface area contributed by atoms with Crippen LogP contribution >= 0.6 is 0 Å². The maximum Gasteiger partial charge on any atom is 0.227 e. The van der Waals surface area contributed by atoms with Crippen LogP contribution in [0.2, 0.25) is 0 Å². The van der Waals surface area contributed by atoms with Gasteiger partial charge < -0.3 is 9.80 Å². The number of piperidine rings is 2. The summed E-state index contributed by atoms with van der Waals surface area (Å²) in [6.07, 6.45) is 4.59. The highest BCUT2D eigenvalue weighted by molar-refractivity contribution is 5.79. The molecule has 2 heterocycles. The Kier molecular flexibility index (Phi) is 5.42. The van der Waals surface area contributed by atoms with Gasteiger partial charge in [-0.3, -0.25) is 14.5 Å². The van der Waals surface area contributed by atoms with Crippen molar-refractivity contribution in [3.63, 3.8) is 0 Å². The van der Waals surface area contributed by atoms with E-state index in [0.29, 0.717) is 6.54 Å². The molecule has 0 bridgehead atoms. The van der Waals surface area contributed by atoms with E-state index in [0.717, 1.165) is 51.7 Å². The Morgan fingerprint density at radius 3 is 2.44 bits per heavy atom. The van der Waals surface area contributed by atoms with Crippen molar-refractivity contribution in [3.8, 4) is 0 Å². The topological polar surface area (TPSA) is 43.9 Å². The molecule has 2 amide bonds. The van der Waals surface area contributed by atoms with Crippen molar-refractivity contribution in [2.24, 2.45) is 5.92 Å². The number of hydrogen-bond acceptors (Lipinski definition) is 3. The molecule has 2 aliphatic heterocycles. The Labute approximate surface area is 150 Å². The molecule has 2 saturated heterocycles. The first kappa shape index (κ1) is 17.9. The van der Waals surface area contributed by atoms with Crippen LogP contribution in [0.1, 0.15) is 31.2 Å². The fraction of sp³-hybridized carbons (Fsp3) is 0.600. The van der Waals surface area contributed by atoms with Crippen molar-refractivity contribution in [1.82, 2.24) is 14.7 Å². The van der Waals surface area contributed by atoms with Gasteiger partial charge in [0.25, 0.3) is 0 Å². The second-order valence-electron chi connectivity index (χ2n) is 7.56. The zero-order valence-corrected chi connectivity index (χ0v) is 15.4. The summed E-state index contributed by atoms with van der Waals surface area (Å²) in [5, 5.41) is 0. The van der Waals surface area contributed by atoms with Gasteiger partial charge >= 0.3 is 0 Å². The van der Waals surface area contributed by atoms with E-state index in [2.05, 4.69) is 43.3 Å². The summed E-state index contributed by atoms with van der Waals surface area (Å²) in [4.78, 5) is 30.0. The predicted octanol–water partition coefficient (Wildman–Crippen LogP) is 1.93. The Hall–Kier alpha value is -1.88. The van der Waals surface area contributed by atoms with Crippen LogP contribution in [-0.2, 0) is 15.1 Å². The summed E-state index contributed by atoms with van der Waals surface area (Å²) >= 11 is 0. The molecule has 5 heteroatoms. The van der Waals surface area contributed by atoms with E-state index in [4.69, 9.17) is 0 Å². The third kappa shape index (κ3) is 3.56. The summed E-state index contributed by atoms with van der Waals surface area (Å²) in [6, 6.07) is 10.6. The van der Waals surface area contributed by atoms with Gasteiger partial charge in [0.05, 0.1) is 5.92 Å². The summed E-state index contributed by atoms with van der Waals surface area (Å²) < 4.78 is 0. The van der Waals surface area contributed by atoms with E-state index >= 15 is 0 Å². The Balaban J connectivity index is 1.68. The van der Waals surface area contributed by atoms with Crippen LogP contribution in [0.5, 0.6) is 0 Å². The molecule has 0 N–H and O–H groups in total. The van der Waals surface area contributed by atoms with Gasteiger partial charge in [0, 0.05) is 31.7 Å². The molecule has 0 aromatic heterocycles. The standard InChI is InChI=1S/C20H29N3O2/c1-21(2)20(18-8-4-3-5-9-18)10-13-23(14-11-20)19(25)17-7-6-12-22(15-17)16-24/h3-5,8-9,16-17H,6-7,10-15H2,1-2H3. The van der Waals surface area contributed by atoms with Crippen molar-refractivity contribution >= 4 is 12.3 Å². The SMILES string of the molecule is CN(C)C1(c2ccccc2)CCN(C(=O)C2CCCN(C=O)C2)CC1. The van der Waals surface area contributed by atoms with Crippen LogP contribution in [0.4, 0.5) is 0 Å². The molecule has 1 atom stereocenters. The number of likely N-dealkylation sites (tertiary alicyclic amines) is 2. The molecule has 1 aromatic carbocycles. The van der Waals surface area contributed by atoms with E-state index in [-0.39, 0.29) is 17.4 Å². The van der Waals surface area contributed by atoms with Gasteiger partial charge in [0.15, 0.2) is 0 Å². The number of carbonyl (C=O) groups is 2. The summed E-state index contributed by atoms with van der Waals surface area (Å²) in [7, 11) is 4.27. The van der Waals surface area contributed by atoms with E-state index in [9.17, 15) is 9.59 Å². The molecule has 3 rings (SSSR count). The number of carbonyl (C=O) groups excluding carboxylic acids is 2. The molecule has 1 aromatic rings. The Morgan fingerprint density at radius 1 is 1.16 bits per heavy atom. The molecular formula is C20H29N3O2. The van der Waals surface area contributed by atoms with Crippen LogP contribution < -0.4 is 0 Å². The fourth-order valence-electron chi connectivity index (χ4n) is 4.40. The zero-order chi connectivity index (χ0) is 17.9. The maximum atomic E-state index is 12.9. The second kappa shape index (κ2) is 7.56. The molecule has 2 aliphatic rings. The minimum Gasteiger partial charge on any atom is -0.344 e. The normalized spacial score (nSPS) is 23.6. The highest BCUT2D eigenvalue weighted by Gasteiger charge is 2.40. The van der Waals surface area contributed by atoms with Gasteiger partial charge in [-0.2, -0.15) is 0 Å². The van der Waals surface area contributed by atoms with Crippen LogP contribution in [-0.4, -0.2) is 67.3 Å². The molecule has 0 spiro atoms. The fourth-order valence-corrected chi connectivity index (χ4v) is 4.40. The predicted molar refractivity (Wildman–Crippen MR) is 98.0 cm³/mol. The third-order valence-electron chi connectivity index (χ3n) is 6.02. The molecule has 0 saturated carbocycles. The molecule has 136 valence electrons. The van der Waals surface area contributed by atoms with Crippen molar-refractivity contribution < 1.29 is 9.59 Å². The van der Waals surface area contributed by atoms with Crippen molar-refractivity contribution in [3.05, 3.63) is 35.9 Å². The van der Waals surface area contributed by atoms with Gasteiger partial charge in [-0.05, 0) is 45.3 Å². The molecule has 2 fully saturated rings. The van der Waals surface area contributed by atoms with Crippen LogP contribution in [0.15, 0.2) is 30.3 Å². The Morgan fingerprint density at radius 2 is 1.84 bits per heavy atom. The molecule has 1 unspecified atom stereocenters. The van der Waals surface area contributed by atoms with E-state index in [1.807, 2.05) is 11.0 Å². The minimum absolute atomic E-state index is 0.000559. The maximum absolute atomic E-state index is 12.9. The summed E-state index contributed by atoms with van der Waals surface area (Å²) in [5.74, 6) is 0.203. The lowest BCUT2D eigenvalue weighted by atomic mass is 9.79. The molecule has 0 radical (unpaired) electrons. The van der Waals surface area contributed by atoms with Gasteiger partial charge in [-0.1, -0.05) is 30.3 Å². The minimum atomic E-state index is -0.0254. The monoisotopic (exact) mass is 343 g/mol. The smallest absolute Gasteiger partial charge is 0.227 e. The first-order chi connectivity index (χ1) is 12.1. The highest BCUT2D eigenvalue weighted by atomic mass is 16.2. The highest BCUT2D eigenvalue weighted by Crippen LogP contribution is 2.37. The largest absolute Gasteiger partial charge is 0.344 e. The van der Waals surface area contributed by atoms with E-state index in [1.165, 1.54) is 5.56 Å².